The summed E-state index contributed by atoms with van der Waals surface area (Å²) >= 11 is 0. The lowest BCUT2D eigenvalue weighted by Crippen LogP contribution is -2.54. The van der Waals surface area contributed by atoms with Crippen LogP contribution in [-0.4, -0.2) is 66.2 Å². The quantitative estimate of drug-likeness (QED) is 0.915. The standard InChI is InChI=1S/C18H28N4O2/c1-14(16-6-12-24-13-16)20-18(23)22-10-8-21(9-11-22)15(2)17-5-3-4-7-19-17/h3-5,7,14-16H,6,8-13H2,1-2H3,(H,20,23)/t14-,15+,16-/m0/s1. The molecule has 1 aromatic rings. The molecule has 3 heterocycles. The summed E-state index contributed by atoms with van der Waals surface area (Å²) in [6.07, 6.45) is 2.88. The highest BCUT2D eigenvalue weighted by Gasteiger charge is 2.28. The van der Waals surface area contributed by atoms with Gasteiger partial charge in [0, 0.05) is 57.0 Å². The fourth-order valence-electron chi connectivity index (χ4n) is 3.47. The Morgan fingerprint density at radius 2 is 2.08 bits per heavy atom. The van der Waals surface area contributed by atoms with E-state index in [0.29, 0.717) is 5.92 Å². The number of carbonyl (C=O) groups is 1. The molecule has 24 heavy (non-hydrogen) atoms. The van der Waals surface area contributed by atoms with E-state index in [1.165, 1.54) is 0 Å². The summed E-state index contributed by atoms with van der Waals surface area (Å²) < 4.78 is 5.41. The van der Waals surface area contributed by atoms with Gasteiger partial charge in [-0.3, -0.25) is 9.88 Å². The minimum atomic E-state index is 0.0551. The first-order valence-corrected chi connectivity index (χ1v) is 8.93. The lowest BCUT2D eigenvalue weighted by atomic mass is 10.0. The van der Waals surface area contributed by atoms with Gasteiger partial charge in [0.1, 0.15) is 0 Å². The maximum Gasteiger partial charge on any atom is 0.317 e. The van der Waals surface area contributed by atoms with E-state index in [4.69, 9.17) is 4.74 Å². The minimum Gasteiger partial charge on any atom is -0.381 e. The zero-order valence-electron chi connectivity index (χ0n) is 14.6. The predicted octanol–water partition coefficient (Wildman–Crippen LogP) is 1.89. The van der Waals surface area contributed by atoms with Crippen LogP contribution in [0.5, 0.6) is 0 Å². The van der Waals surface area contributed by atoms with Gasteiger partial charge in [-0.2, -0.15) is 0 Å². The second kappa shape index (κ2) is 7.94. The average Bonchev–Trinajstić information content (AvgIpc) is 3.17. The Bertz CT molecular complexity index is 525. The number of amides is 2. The van der Waals surface area contributed by atoms with Gasteiger partial charge in [-0.05, 0) is 32.4 Å². The number of pyridine rings is 1. The highest BCUT2D eigenvalue weighted by atomic mass is 16.5. The van der Waals surface area contributed by atoms with Crippen LogP contribution in [0.15, 0.2) is 24.4 Å². The Morgan fingerprint density at radius 1 is 1.29 bits per heavy atom. The number of piperazine rings is 1. The number of rotatable bonds is 4. The molecule has 3 atom stereocenters. The van der Waals surface area contributed by atoms with Gasteiger partial charge in [0.25, 0.3) is 0 Å². The summed E-state index contributed by atoms with van der Waals surface area (Å²) in [7, 11) is 0. The maximum atomic E-state index is 12.5. The molecule has 2 amide bonds. The van der Waals surface area contributed by atoms with Crippen molar-refractivity contribution in [1.29, 1.82) is 0 Å². The highest BCUT2D eigenvalue weighted by Crippen LogP contribution is 2.20. The van der Waals surface area contributed by atoms with Gasteiger partial charge in [-0.1, -0.05) is 6.07 Å². The number of nitrogens with one attached hydrogen (secondary N) is 1. The van der Waals surface area contributed by atoms with Crippen LogP contribution in [0, 0.1) is 5.92 Å². The summed E-state index contributed by atoms with van der Waals surface area (Å²) in [4.78, 5) is 21.2. The molecular formula is C18H28N4O2. The number of aromatic nitrogens is 1. The van der Waals surface area contributed by atoms with Crippen LogP contribution in [0.3, 0.4) is 0 Å². The lowest BCUT2D eigenvalue weighted by Gasteiger charge is -2.38. The second-order valence-electron chi connectivity index (χ2n) is 6.82. The molecule has 1 aromatic heterocycles. The Balaban J connectivity index is 1.46. The van der Waals surface area contributed by atoms with Gasteiger partial charge >= 0.3 is 6.03 Å². The SMILES string of the molecule is C[C@H](NC(=O)N1CCN([C@H](C)c2ccccn2)CC1)[C@H]1CCOC1. The number of hydrogen-bond acceptors (Lipinski definition) is 4. The summed E-state index contributed by atoms with van der Waals surface area (Å²) in [6.45, 7) is 9.12. The molecule has 1 N–H and O–H groups in total. The Labute approximate surface area is 144 Å². The van der Waals surface area contributed by atoms with Gasteiger partial charge in [-0.25, -0.2) is 4.79 Å². The van der Waals surface area contributed by atoms with E-state index in [0.717, 1.165) is 51.5 Å². The van der Waals surface area contributed by atoms with Crippen molar-refractivity contribution < 1.29 is 9.53 Å². The first-order chi connectivity index (χ1) is 11.6. The van der Waals surface area contributed by atoms with Crippen molar-refractivity contribution in [3.63, 3.8) is 0 Å². The first-order valence-electron chi connectivity index (χ1n) is 8.93. The van der Waals surface area contributed by atoms with Crippen LogP contribution in [-0.2, 0) is 4.74 Å². The normalized spacial score (nSPS) is 24.6. The van der Waals surface area contributed by atoms with Crippen molar-refractivity contribution in [2.45, 2.75) is 32.4 Å². The first kappa shape index (κ1) is 17.2. The third-order valence-corrected chi connectivity index (χ3v) is 5.29. The second-order valence-corrected chi connectivity index (χ2v) is 6.82. The van der Waals surface area contributed by atoms with Crippen LogP contribution in [0.4, 0.5) is 4.79 Å². The highest BCUT2D eigenvalue weighted by molar-refractivity contribution is 5.74. The minimum absolute atomic E-state index is 0.0551. The maximum absolute atomic E-state index is 12.5. The third kappa shape index (κ3) is 4.05. The Kier molecular flexibility index (Phi) is 5.68. The molecule has 2 saturated heterocycles. The summed E-state index contributed by atoms with van der Waals surface area (Å²) in [6, 6.07) is 6.54. The van der Waals surface area contributed by atoms with Gasteiger partial charge < -0.3 is 15.0 Å². The van der Waals surface area contributed by atoms with E-state index in [1.807, 2.05) is 23.2 Å². The van der Waals surface area contributed by atoms with E-state index >= 15 is 0 Å². The largest absolute Gasteiger partial charge is 0.381 e. The van der Waals surface area contributed by atoms with E-state index in [9.17, 15) is 4.79 Å². The third-order valence-electron chi connectivity index (χ3n) is 5.29. The van der Waals surface area contributed by atoms with Gasteiger partial charge in [0.15, 0.2) is 0 Å². The molecule has 2 aliphatic rings. The average molecular weight is 332 g/mol. The zero-order chi connectivity index (χ0) is 16.9. The predicted molar refractivity (Wildman–Crippen MR) is 92.7 cm³/mol. The smallest absolute Gasteiger partial charge is 0.317 e. The number of carbonyl (C=O) groups excluding carboxylic acids is 1. The van der Waals surface area contributed by atoms with Gasteiger partial charge in [0.05, 0.1) is 12.3 Å². The van der Waals surface area contributed by atoms with Crippen molar-refractivity contribution in [3.05, 3.63) is 30.1 Å². The molecule has 0 radical (unpaired) electrons. The molecular weight excluding hydrogens is 304 g/mol. The van der Waals surface area contributed by atoms with Crippen molar-refractivity contribution in [3.8, 4) is 0 Å². The molecule has 0 bridgehead atoms. The zero-order valence-corrected chi connectivity index (χ0v) is 14.6. The summed E-state index contributed by atoms with van der Waals surface area (Å²) in [5, 5.41) is 3.14. The van der Waals surface area contributed by atoms with Gasteiger partial charge in [0.2, 0.25) is 0 Å². The van der Waals surface area contributed by atoms with E-state index in [-0.39, 0.29) is 18.1 Å². The van der Waals surface area contributed by atoms with Crippen molar-refractivity contribution in [2.24, 2.45) is 5.92 Å². The molecule has 3 rings (SSSR count). The summed E-state index contributed by atoms with van der Waals surface area (Å²) in [5.41, 5.74) is 1.09. The number of nitrogens with zero attached hydrogens (tertiary/aromatic N) is 3. The molecule has 6 nitrogen and oxygen atoms in total. The number of urea groups is 1. The molecule has 0 unspecified atom stereocenters. The van der Waals surface area contributed by atoms with Crippen LogP contribution >= 0.6 is 0 Å². The molecule has 132 valence electrons. The van der Waals surface area contributed by atoms with E-state index in [1.54, 1.807) is 0 Å². The molecule has 6 heteroatoms. The molecule has 0 spiro atoms. The molecule has 2 fully saturated rings. The van der Waals surface area contributed by atoms with Gasteiger partial charge in [-0.15, -0.1) is 0 Å². The number of hydrogen-bond donors (Lipinski definition) is 1. The Morgan fingerprint density at radius 3 is 2.71 bits per heavy atom. The van der Waals surface area contributed by atoms with Crippen LogP contribution in [0.1, 0.15) is 32.0 Å². The number of ether oxygens (including phenoxy) is 1. The van der Waals surface area contributed by atoms with E-state index < -0.39 is 0 Å². The molecule has 0 aliphatic carbocycles. The molecule has 0 saturated carbocycles. The molecule has 0 aromatic carbocycles. The fraction of sp³-hybridized carbons (Fsp3) is 0.667. The van der Waals surface area contributed by atoms with Crippen LogP contribution < -0.4 is 5.32 Å². The van der Waals surface area contributed by atoms with Crippen molar-refractivity contribution in [2.75, 3.05) is 39.4 Å². The van der Waals surface area contributed by atoms with Crippen LogP contribution in [0.2, 0.25) is 0 Å². The Hall–Kier alpha value is -1.66. The van der Waals surface area contributed by atoms with Crippen LogP contribution in [0.25, 0.3) is 0 Å². The monoisotopic (exact) mass is 332 g/mol. The molecule has 2 aliphatic heterocycles. The van der Waals surface area contributed by atoms with Crippen molar-refractivity contribution in [1.82, 2.24) is 20.1 Å². The van der Waals surface area contributed by atoms with E-state index in [2.05, 4.69) is 35.1 Å². The lowest BCUT2D eigenvalue weighted by molar-refractivity contribution is 0.109. The topological polar surface area (TPSA) is 57.7 Å². The fourth-order valence-corrected chi connectivity index (χ4v) is 3.47. The summed E-state index contributed by atoms with van der Waals surface area (Å²) in [5.74, 6) is 0.444. The van der Waals surface area contributed by atoms with Crippen molar-refractivity contribution >= 4 is 6.03 Å².